The Balaban J connectivity index is 1.95. The number of ether oxygens (including phenoxy) is 1. The molecule has 2 amide bonds. The van der Waals surface area contributed by atoms with Crippen LogP contribution in [0, 0.1) is 0 Å². The van der Waals surface area contributed by atoms with Crippen molar-refractivity contribution in [3.05, 3.63) is 94.5 Å². The van der Waals surface area contributed by atoms with E-state index < -0.39 is 17.9 Å². The number of carbonyl (C=O) groups excluding carboxylic acids is 2. The Morgan fingerprint density at radius 2 is 1.57 bits per heavy atom. The van der Waals surface area contributed by atoms with E-state index in [-0.39, 0.29) is 17.8 Å². The van der Waals surface area contributed by atoms with Crippen molar-refractivity contribution >= 4 is 29.1 Å². The zero-order valence-electron chi connectivity index (χ0n) is 16.4. The molecule has 0 fully saturated rings. The van der Waals surface area contributed by atoms with Gasteiger partial charge in [0.15, 0.2) is 0 Å². The standard InChI is InChI=1S/C23H22ClN3O3/c1-30-18-10-7-16(8-11-18)22(28)27(14-21(26)15-5-3-2-4-6-15)23(29)17-9-12-19(24)20(25)13-17/h2-13,21H,14,25-26H2,1H3. The fraction of sp³-hybridized carbons (Fsp3) is 0.130. The van der Waals surface area contributed by atoms with E-state index in [0.29, 0.717) is 16.3 Å². The van der Waals surface area contributed by atoms with Gasteiger partial charge in [-0.3, -0.25) is 14.5 Å². The third-order valence-corrected chi connectivity index (χ3v) is 5.02. The van der Waals surface area contributed by atoms with Crippen LogP contribution in [0.1, 0.15) is 32.3 Å². The van der Waals surface area contributed by atoms with Crippen LogP contribution in [-0.4, -0.2) is 30.4 Å². The highest BCUT2D eigenvalue weighted by atomic mass is 35.5. The molecule has 3 rings (SSSR count). The lowest BCUT2D eigenvalue weighted by atomic mass is 10.1. The molecule has 0 bridgehead atoms. The number of hydrogen-bond donors (Lipinski definition) is 2. The molecular weight excluding hydrogens is 402 g/mol. The number of amides is 2. The Kier molecular flexibility index (Phi) is 6.72. The van der Waals surface area contributed by atoms with Crippen molar-refractivity contribution in [1.82, 2.24) is 4.90 Å². The van der Waals surface area contributed by atoms with Gasteiger partial charge in [-0.2, -0.15) is 0 Å². The van der Waals surface area contributed by atoms with Crippen LogP contribution in [0.5, 0.6) is 5.75 Å². The van der Waals surface area contributed by atoms with Crippen LogP contribution in [0.15, 0.2) is 72.8 Å². The Labute approximate surface area is 180 Å². The van der Waals surface area contributed by atoms with Crippen molar-refractivity contribution in [1.29, 1.82) is 0 Å². The van der Waals surface area contributed by atoms with Crippen LogP contribution in [-0.2, 0) is 0 Å². The molecule has 0 aromatic heterocycles. The lowest BCUT2D eigenvalue weighted by molar-refractivity contribution is 0.0606. The largest absolute Gasteiger partial charge is 0.497 e. The van der Waals surface area contributed by atoms with Crippen LogP contribution in [0.25, 0.3) is 0 Å². The molecule has 0 spiro atoms. The number of nitrogens with zero attached hydrogens (tertiary/aromatic N) is 1. The molecule has 6 nitrogen and oxygen atoms in total. The summed E-state index contributed by atoms with van der Waals surface area (Å²) in [7, 11) is 1.54. The van der Waals surface area contributed by atoms with E-state index in [9.17, 15) is 9.59 Å². The minimum Gasteiger partial charge on any atom is -0.497 e. The molecule has 0 saturated heterocycles. The number of rotatable bonds is 6. The summed E-state index contributed by atoms with van der Waals surface area (Å²) < 4.78 is 5.13. The van der Waals surface area contributed by atoms with E-state index >= 15 is 0 Å². The molecule has 7 heteroatoms. The summed E-state index contributed by atoms with van der Waals surface area (Å²) in [6, 6.07) is 19.8. The van der Waals surface area contributed by atoms with Gasteiger partial charge in [0, 0.05) is 23.7 Å². The van der Waals surface area contributed by atoms with Crippen molar-refractivity contribution in [3.63, 3.8) is 0 Å². The first kappa shape index (κ1) is 21.4. The van der Waals surface area contributed by atoms with Gasteiger partial charge < -0.3 is 16.2 Å². The molecule has 0 aliphatic rings. The van der Waals surface area contributed by atoms with E-state index in [1.807, 2.05) is 30.3 Å². The Morgan fingerprint density at radius 1 is 0.967 bits per heavy atom. The topological polar surface area (TPSA) is 98.6 Å². The minimum absolute atomic E-state index is 0.00373. The van der Waals surface area contributed by atoms with Gasteiger partial charge in [0.25, 0.3) is 11.8 Å². The molecule has 0 saturated carbocycles. The van der Waals surface area contributed by atoms with Crippen LogP contribution < -0.4 is 16.2 Å². The molecule has 0 radical (unpaired) electrons. The van der Waals surface area contributed by atoms with E-state index in [2.05, 4.69) is 0 Å². The first-order valence-corrected chi connectivity index (χ1v) is 9.64. The summed E-state index contributed by atoms with van der Waals surface area (Å²) in [4.78, 5) is 27.6. The average molecular weight is 424 g/mol. The van der Waals surface area contributed by atoms with E-state index in [0.717, 1.165) is 10.5 Å². The quantitative estimate of drug-likeness (QED) is 0.462. The fourth-order valence-electron chi connectivity index (χ4n) is 2.98. The van der Waals surface area contributed by atoms with Crippen molar-refractivity contribution < 1.29 is 14.3 Å². The molecule has 1 unspecified atom stereocenters. The van der Waals surface area contributed by atoms with Gasteiger partial charge in [0.2, 0.25) is 0 Å². The number of anilines is 1. The molecule has 0 aliphatic carbocycles. The summed E-state index contributed by atoms with van der Waals surface area (Å²) in [5, 5.41) is 0.334. The number of imide groups is 1. The normalized spacial score (nSPS) is 11.6. The van der Waals surface area contributed by atoms with Gasteiger partial charge in [-0.15, -0.1) is 0 Å². The van der Waals surface area contributed by atoms with E-state index in [1.54, 1.807) is 24.3 Å². The number of benzene rings is 3. The minimum atomic E-state index is -0.554. The van der Waals surface area contributed by atoms with Crippen LogP contribution in [0.2, 0.25) is 5.02 Å². The second-order valence-corrected chi connectivity index (χ2v) is 7.11. The first-order chi connectivity index (χ1) is 14.4. The summed E-state index contributed by atoms with van der Waals surface area (Å²) in [5.74, 6) is -0.371. The molecule has 3 aromatic rings. The van der Waals surface area contributed by atoms with Crippen molar-refractivity contribution in [2.24, 2.45) is 5.73 Å². The maximum absolute atomic E-state index is 13.2. The molecular formula is C23H22ClN3O3. The number of nitrogen functional groups attached to an aromatic ring is 1. The zero-order chi connectivity index (χ0) is 21.7. The average Bonchev–Trinajstić information content (AvgIpc) is 2.79. The zero-order valence-corrected chi connectivity index (χ0v) is 17.2. The van der Waals surface area contributed by atoms with Gasteiger partial charge in [-0.1, -0.05) is 41.9 Å². The molecule has 0 aliphatic heterocycles. The van der Waals surface area contributed by atoms with Gasteiger partial charge in [0.1, 0.15) is 5.75 Å². The first-order valence-electron chi connectivity index (χ1n) is 9.26. The third-order valence-electron chi connectivity index (χ3n) is 4.68. The van der Waals surface area contributed by atoms with Crippen molar-refractivity contribution in [2.75, 3.05) is 19.4 Å². The lowest BCUT2D eigenvalue weighted by Crippen LogP contribution is -2.41. The van der Waals surface area contributed by atoms with Crippen LogP contribution >= 0.6 is 11.6 Å². The van der Waals surface area contributed by atoms with Gasteiger partial charge in [-0.05, 0) is 48.0 Å². The molecule has 30 heavy (non-hydrogen) atoms. The Morgan fingerprint density at radius 3 is 2.17 bits per heavy atom. The number of nitrogens with two attached hydrogens (primary N) is 2. The smallest absolute Gasteiger partial charge is 0.260 e. The summed E-state index contributed by atoms with van der Waals surface area (Å²) in [5.41, 5.74) is 13.8. The second-order valence-electron chi connectivity index (χ2n) is 6.70. The van der Waals surface area contributed by atoms with Crippen LogP contribution in [0.4, 0.5) is 5.69 Å². The molecule has 1 atom stereocenters. The van der Waals surface area contributed by atoms with Gasteiger partial charge in [0.05, 0.1) is 17.8 Å². The predicted molar refractivity (Wildman–Crippen MR) is 118 cm³/mol. The Bertz CT molecular complexity index is 1040. The highest BCUT2D eigenvalue weighted by molar-refractivity contribution is 6.33. The number of hydrogen-bond acceptors (Lipinski definition) is 5. The number of methoxy groups -OCH3 is 1. The number of halogens is 1. The highest BCUT2D eigenvalue weighted by Gasteiger charge is 2.27. The summed E-state index contributed by atoms with van der Waals surface area (Å²) in [6.07, 6.45) is 0. The molecule has 0 heterocycles. The molecule has 154 valence electrons. The predicted octanol–water partition coefficient (Wildman–Crippen LogP) is 3.91. The summed E-state index contributed by atoms with van der Waals surface area (Å²) in [6.45, 7) is -0.00373. The molecule has 3 aromatic carbocycles. The SMILES string of the molecule is COc1ccc(C(=O)N(CC(N)c2ccccc2)C(=O)c2ccc(Cl)c(N)c2)cc1. The fourth-order valence-corrected chi connectivity index (χ4v) is 3.10. The molecule has 4 N–H and O–H groups in total. The lowest BCUT2D eigenvalue weighted by Gasteiger charge is -2.25. The van der Waals surface area contributed by atoms with Crippen molar-refractivity contribution in [3.8, 4) is 5.75 Å². The monoisotopic (exact) mass is 423 g/mol. The maximum Gasteiger partial charge on any atom is 0.260 e. The van der Waals surface area contributed by atoms with Crippen molar-refractivity contribution in [2.45, 2.75) is 6.04 Å². The summed E-state index contributed by atoms with van der Waals surface area (Å²) >= 11 is 5.97. The third kappa shape index (κ3) is 4.79. The van der Waals surface area contributed by atoms with Crippen LogP contribution in [0.3, 0.4) is 0 Å². The Hall–Kier alpha value is -3.35. The maximum atomic E-state index is 13.2. The number of carbonyl (C=O) groups is 2. The highest BCUT2D eigenvalue weighted by Crippen LogP contribution is 2.23. The second kappa shape index (κ2) is 9.43. The van der Waals surface area contributed by atoms with Gasteiger partial charge >= 0.3 is 0 Å². The van der Waals surface area contributed by atoms with Gasteiger partial charge in [-0.25, -0.2) is 0 Å². The van der Waals surface area contributed by atoms with E-state index in [1.165, 1.54) is 25.3 Å². The van der Waals surface area contributed by atoms with E-state index in [4.69, 9.17) is 27.8 Å².